The SMILES string of the molecule is CNC(=O)C(C)(C)CN=C(N)Nc1cccc(C(C)C)c1. The van der Waals surface area contributed by atoms with E-state index in [1.165, 1.54) is 5.56 Å². The van der Waals surface area contributed by atoms with Crippen molar-refractivity contribution in [2.75, 3.05) is 18.9 Å². The topological polar surface area (TPSA) is 79.5 Å². The molecule has 0 bridgehead atoms. The summed E-state index contributed by atoms with van der Waals surface area (Å²) in [6, 6.07) is 8.06. The number of aliphatic imine (C=N–C) groups is 1. The molecule has 0 radical (unpaired) electrons. The highest BCUT2D eigenvalue weighted by Gasteiger charge is 2.26. The number of guanidine groups is 1. The van der Waals surface area contributed by atoms with Gasteiger partial charge in [-0.25, -0.2) is 0 Å². The second-order valence-corrected chi connectivity index (χ2v) is 6.07. The van der Waals surface area contributed by atoms with E-state index in [1.54, 1.807) is 7.05 Å². The van der Waals surface area contributed by atoms with Crippen LogP contribution in [-0.2, 0) is 4.79 Å². The monoisotopic (exact) mass is 290 g/mol. The lowest BCUT2D eigenvalue weighted by Gasteiger charge is -2.20. The second-order valence-electron chi connectivity index (χ2n) is 6.07. The lowest BCUT2D eigenvalue weighted by atomic mass is 9.93. The summed E-state index contributed by atoms with van der Waals surface area (Å²) in [6.07, 6.45) is 0. The number of benzene rings is 1. The number of carbonyl (C=O) groups is 1. The Balaban J connectivity index is 2.72. The van der Waals surface area contributed by atoms with Gasteiger partial charge in [0.1, 0.15) is 0 Å². The van der Waals surface area contributed by atoms with Gasteiger partial charge >= 0.3 is 0 Å². The molecule has 0 aliphatic rings. The molecule has 21 heavy (non-hydrogen) atoms. The minimum atomic E-state index is -0.583. The van der Waals surface area contributed by atoms with Crippen molar-refractivity contribution in [1.82, 2.24) is 5.32 Å². The van der Waals surface area contributed by atoms with Crippen LogP contribution in [0.3, 0.4) is 0 Å². The molecule has 0 fully saturated rings. The van der Waals surface area contributed by atoms with E-state index in [2.05, 4.69) is 41.6 Å². The van der Waals surface area contributed by atoms with E-state index in [0.29, 0.717) is 18.4 Å². The molecular weight excluding hydrogens is 264 g/mol. The predicted molar refractivity (Wildman–Crippen MR) is 88.5 cm³/mol. The molecule has 0 aliphatic carbocycles. The fourth-order valence-electron chi connectivity index (χ4n) is 1.86. The Morgan fingerprint density at radius 1 is 1.38 bits per heavy atom. The highest BCUT2D eigenvalue weighted by molar-refractivity contribution is 5.92. The van der Waals surface area contributed by atoms with Gasteiger partial charge in [0, 0.05) is 12.7 Å². The quantitative estimate of drug-likeness (QED) is 0.575. The van der Waals surface area contributed by atoms with Crippen LogP contribution in [-0.4, -0.2) is 25.5 Å². The zero-order valence-corrected chi connectivity index (χ0v) is 13.5. The molecule has 0 saturated carbocycles. The first kappa shape index (κ1) is 17.0. The molecule has 1 aromatic carbocycles. The van der Waals surface area contributed by atoms with Crippen LogP contribution >= 0.6 is 0 Å². The number of amides is 1. The number of nitrogens with one attached hydrogen (secondary N) is 2. The molecule has 1 rings (SSSR count). The average molecular weight is 290 g/mol. The number of nitrogens with zero attached hydrogens (tertiary/aromatic N) is 1. The molecule has 4 N–H and O–H groups in total. The van der Waals surface area contributed by atoms with Crippen LogP contribution in [0.4, 0.5) is 5.69 Å². The van der Waals surface area contributed by atoms with Crippen molar-refractivity contribution < 1.29 is 4.79 Å². The Kier molecular flexibility index (Phi) is 5.76. The summed E-state index contributed by atoms with van der Waals surface area (Å²) in [5, 5.41) is 5.69. The highest BCUT2D eigenvalue weighted by atomic mass is 16.2. The van der Waals surface area contributed by atoms with E-state index in [1.807, 2.05) is 26.0 Å². The van der Waals surface area contributed by atoms with Gasteiger partial charge in [-0.05, 0) is 37.5 Å². The number of nitrogens with two attached hydrogens (primary N) is 1. The maximum Gasteiger partial charge on any atom is 0.227 e. The normalized spacial score (nSPS) is 12.4. The third kappa shape index (κ3) is 5.10. The van der Waals surface area contributed by atoms with Crippen LogP contribution in [0.25, 0.3) is 0 Å². The summed E-state index contributed by atoms with van der Waals surface area (Å²) < 4.78 is 0. The fraction of sp³-hybridized carbons (Fsp3) is 0.500. The van der Waals surface area contributed by atoms with Crippen molar-refractivity contribution >= 4 is 17.6 Å². The van der Waals surface area contributed by atoms with Crippen LogP contribution in [0.2, 0.25) is 0 Å². The predicted octanol–water partition coefficient (Wildman–Crippen LogP) is 2.31. The van der Waals surface area contributed by atoms with Crippen molar-refractivity contribution in [3.8, 4) is 0 Å². The maximum atomic E-state index is 11.7. The first-order valence-corrected chi connectivity index (χ1v) is 7.15. The first-order valence-electron chi connectivity index (χ1n) is 7.15. The lowest BCUT2D eigenvalue weighted by Crippen LogP contribution is -2.37. The maximum absolute atomic E-state index is 11.7. The Morgan fingerprint density at radius 2 is 2.05 bits per heavy atom. The van der Waals surface area contributed by atoms with Crippen LogP contribution in [0.5, 0.6) is 0 Å². The van der Waals surface area contributed by atoms with Crippen LogP contribution < -0.4 is 16.4 Å². The third-order valence-electron chi connectivity index (χ3n) is 3.31. The van der Waals surface area contributed by atoms with Crippen LogP contribution in [0, 0.1) is 5.41 Å². The summed E-state index contributed by atoms with van der Waals surface area (Å²) in [4.78, 5) is 15.9. The van der Waals surface area contributed by atoms with Gasteiger partial charge in [0.2, 0.25) is 5.91 Å². The van der Waals surface area contributed by atoms with Gasteiger partial charge in [-0.1, -0.05) is 26.0 Å². The molecule has 0 aliphatic heterocycles. The molecule has 1 amide bonds. The van der Waals surface area contributed by atoms with Crippen molar-refractivity contribution in [2.45, 2.75) is 33.6 Å². The first-order chi connectivity index (χ1) is 9.76. The van der Waals surface area contributed by atoms with Crippen molar-refractivity contribution in [1.29, 1.82) is 0 Å². The molecular formula is C16H26N4O. The molecule has 5 nitrogen and oxygen atoms in total. The minimum Gasteiger partial charge on any atom is -0.370 e. The van der Waals surface area contributed by atoms with Crippen molar-refractivity contribution in [2.24, 2.45) is 16.1 Å². The Bertz CT molecular complexity index is 521. The molecule has 0 aromatic heterocycles. The molecule has 1 aromatic rings. The summed E-state index contributed by atoms with van der Waals surface area (Å²) >= 11 is 0. The van der Waals surface area contributed by atoms with Gasteiger partial charge in [0.05, 0.1) is 12.0 Å². The molecule has 0 saturated heterocycles. The van der Waals surface area contributed by atoms with Crippen LogP contribution in [0.15, 0.2) is 29.3 Å². The third-order valence-corrected chi connectivity index (χ3v) is 3.31. The standard InChI is InChI=1S/C16H26N4O/c1-11(2)12-7-6-8-13(9-12)20-15(17)19-10-16(3,4)14(21)18-5/h6-9,11H,10H2,1-5H3,(H,18,21)(H3,17,19,20). The Morgan fingerprint density at radius 3 is 2.62 bits per heavy atom. The van der Waals surface area contributed by atoms with Gasteiger partial charge in [-0.15, -0.1) is 0 Å². The highest BCUT2D eigenvalue weighted by Crippen LogP contribution is 2.19. The van der Waals surface area contributed by atoms with E-state index in [0.717, 1.165) is 5.69 Å². The number of carbonyl (C=O) groups excluding carboxylic acids is 1. The molecule has 0 atom stereocenters. The number of hydrogen-bond acceptors (Lipinski definition) is 2. The summed E-state index contributed by atoms with van der Waals surface area (Å²) in [5.74, 6) is 0.714. The largest absolute Gasteiger partial charge is 0.370 e. The zero-order chi connectivity index (χ0) is 16.0. The number of hydrogen-bond donors (Lipinski definition) is 3. The van der Waals surface area contributed by atoms with Gasteiger partial charge in [-0.3, -0.25) is 9.79 Å². The molecule has 116 valence electrons. The summed E-state index contributed by atoms with van der Waals surface area (Å²) in [5.41, 5.74) is 7.44. The molecule has 0 unspecified atom stereocenters. The fourth-order valence-corrected chi connectivity index (χ4v) is 1.86. The zero-order valence-electron chi connectivity index (χ0n) is 13.5. The average Bonchev–Trinajstić information content (AvgIpc) is 2.44. The van der Waals surface area contributed by atoms with E-state index in [4.69, 9.17) is 5.73 Å². The van der Waals surface area contributed by atoms with E-state index in [9.17, 15) is 4.79 Å². The minimum absolute atomic E-state index is 0.0548. The Hall–Kier alpha value is -2.04. The van der Waals surface area contributed by atoms with Crippen molar-refractivity contribution in [3.05, 3.63) is 29.8 Å². The van der Waals surface area contributed by atoms with Crippen molar-refractivity contribution in [3.63, 3.8) is 0 Å². The summed E-state index contributed by atoms with van der Waals surface area (Å²) in [6.45, 7) is 8.28. The number of anilines is 1. The molecule has 5 heteroatoms. The second kappa shape index (κ2) is 7.11. The summed E-state index contributed by atoms with van der Waals surface area (Å²) in [7, 11) is 1.62. The molecule has 0 spiro atoms. The van der Waals surface area contributed by atoms with Gasteiger partial charge < -0.3 is 16.4 Å². The van der Waals surface area contributed by atoms with E-state index in [-0.39, 0.29) is 5.91 Å². The smallest absolute Gasteiger partial charge is 0.227 e. The lowest BCUT2D eigenvalue weighted by molar-refractivity contribution is -0.128. The number of rotatable bonds is 5. The van der Waals surface area contributed by atoms with Crippen LogP contribution in [0.1, 0.15) is 39.2 Å². The van der Waals surface area contributed by atoms with Gasteiger partial charge in [0.15, 0.2) is 5.96 Å². The van der Waals surface area contributed by atoms with Gasteiger partial charge in [-0.2, -0.15) is 0 Å². The van der Waals surface area contributed by atoms with Gasteiger partial charge in [0.25, 0.3) is 0 Å². The molecule has 0 heterocycles. The van der Waals surface area contributed by atoms with E-state index < -0.39 is 5.41 Å². The Labute approximate surface area is 127 Å². The van der Waals surface area contributed by atoms with E-state index >= 15 is 0 Å².